The van der Waals surface area contributed by atoms with E-state index in [1.807, 2.05) is 36.4 Å². The maximum atomic E-state index is 6.36. The highest BCUT2D eigenvalue weighted by Crippen LogP contribution is 2.51. The zero-order chi connectivity index (χ0) is 40.0. The highest BCUT2D eigenvalue weighted by molar-refractivity contribution is 6.10. The van der Waals surface area contributed by atoms with Gasteiger partial charge in [0.15, 0.2) is 5.58 Å². The molecule has 0 saturated heterocycles. The van der Waals surface area contributed by atoms with Crippen molar-refractivity contribution >= 4 is 60.9 Å². The van der Waals surface area contributed by atoms with Gasteiger partial charge in [0.05, 0.1) is 5.69 Å². The molecule has 0 aliphatic heterocycles. The van der Waals surface area contributed by atoms with Gasteiger partial charge in [-0.2, -0.15) is 0 Å². The Kier molecular flexibility index (Phi) is 7.54. The Bertz CT molecular complexity index is 3460. The average Bonchev–Trinajstić information content (AvgIpc) is 3.95. The van der Waals surface area contributed by atoms with Gasteiger partial charge in [0.2, 0.25) is 5.89 Å². The average molecular weight is 771 g/mol. The quantitative estimate of drug-likeness (QED) is 0.169. The Labute approximate surface area is 347 Å². The fraction of sp³-hybridized carbons (Fsp3) is 0.0536. The molecule has 1 aliphatic rings. The normalized spacial score (nSPS) is 13.0. The molecule has 4 nitrogen and oxygen atoms in total. The number of benzene rings is 9. The van der Waals surface area contributed by atoms with Gasteiger partial charge in [-0.1, -0.05) is 141 Å². The molecule has 2 aromatic heterocycles. The van der Waals surface area contributed by atoms with Crippen molar-refractivity contribution < 1.29 is 8.83 Å². The molecular formula is C56H38N2O2. The molecule has 12 rings (SSSR count). The summed E-state index contributed by atoms with van der Waals surface area (Å²) in [5, 5.41) is 4.52. The molecule has 0 bridgehead atoms. The van der Waals surface area contributed by atoms with E-state index in [1.54, 1.807) is 0 Å². The van der Waals surface area contributed by atoms with Crippen molar-refractivity contribution in [2.24, 2.45) is 0 Å². The Hall–Kier alpha value is -7.69. The lowest BCUT2D eigenvalue weighted by Gasteiger charge is -2.30. The van der Waals surface area contributed by atoms with E-state index in [0.717, 1.165) is 61.2 Å². The largest absolute Gasteiger partial charge is 0.456 e. The zero-order valence-corrected chi connectivity index (χ0v) is 33.2. The van der Waals surface area contributed by atoms with Crippen LogP contribution in [0, 0.1) is 0 Å². The third-order valence-electron chi connectivity index (χ3n) is 12.5. The van der Waals surface area contributed by atoms with Crippen LogP contribution in [0.4, 0.5) is 17.1 Å². The highest BCUT2D eigenvalue weighted by atomic mass is 16.4. The maximum Gasteiger partial charge on any atom is 0.227 e. The van der Waals surface area contributed by atoms with Crippen molar-refractivity contribution in [3.05, 3.63) is 205 Å². The van der Waals surface area contributed by atoms with Crippen molar-refractivity contribution in [2.75, 3.05) is 4.90 Å². The number of oxazole rings is 1. The number of fused-ring (bicyclic) bond motifs is 8. The van der Waals surface area contributed by atoms with E-state index in [4.69, 9.17) is 13.8 Å². The van der Waals surface area contributed by atoms with Crippen molar-refractivity contribution in [1.82, 2.24) is 4.98 Å². The topological polar surface area (TPSA) is 42.4 Å². The Morgan fingerprint density at radius 3 is 1.98 bits per heavy atom. The van der Waals surface area contributed by atoms with Crippen LogP contribution in [-0.2, 0) is 5.41 Å². The predicted octanol–water partition coefficient (Wildman–Crippen LogP) is 15.7. The van der Waals surface area contributed by atoms with Gasteiger partial charge in [-0.05, 0) is 110 Å². The van der Waals surface area contributed by atoms with Crippen LogP contribution in [0.5, 0.6) is 0 Å². The summed E-state index contributed by atoms with van der Waals surface area (Å²) >= 11 is 0. The second kappa shape index (κ2) is 13.2. The van der Waals surface area contributed by atoms with Gasteiger partial charge < -0.3 is 13.7 Å². The fourth-order valence-electron chi connectivity index (χ4n) is 9.50. The Morgan fingerprint density at radius 2 is 1.10 bits per heavy atom. The summed E-state index contributed by atoms with van der Waals surface area (Å²) in [7, 11) is 0. The highest BCUT2D eigenvalue weighted by Gasteiger charge is 2.36. The molecule has 0 saturated carbocycles. The molecule has 4 heteroatoms. The first kappa shape index (κ1) is 34.4. The molecule has 60 heavy (non-hydrogen) atoms. The molecule has 0 unspecified atom stereocenters. The summed E-state index contributed by atoms with van der Waals surface area (Å²) in [6.45, 7) is 4.70. The monoisotopic (exact) mass is 770 g/mol. The van der Waals surface area contributed by atoms with Crippen molar-refractivity contribution in [3.8, 4) is 44.8 Å². The van der Waals surface area contributed by atoms with Gasteiger partial charge in [0, 0.05) is 44.8 Å². The van der Waals surface area contributed by atoms with Crippen LogP contribution in [0.2, 0.25) is 0 Å². The van der Waals surface area contributed by atoms with Crippen LogP contribution in [0.3, 0.4) is 0 Å². The summed E-state index contributed by atoms with van der Waals surface area (Å²) in [6.07, 6.45) is 0. The second-order valence-electron chi connectivity index (χ2n) is 16.3. The molecule has 0 radical (unpaired) electrons. The molecule has 0 N–H and O–H groups in total. The third-order valence-corrected chi connectivity index (χ3v) is 12.5. The van der Waals surface area contributed by atoms with Gasteiger partial charge in [0.25, 0.3) is 0 Å². The van der Waals surface area contributed by atoms with E-state index in [9.17, 15) is 0 Å². The molecule has 0 fully saturated rings. The molecule has 2 heterocycles. The number of para-hydroxylation sites is 1. The standard InChI is InChI=1S/C56H38N2O2/c1-56(2)48-21-10-8-18-43(48)44-29-28-40(32-49(44)56)58(51-22-11-9-19-45(51)42-20-12-16-36-13-6-7-17-41(36)42)39-26-23-35(24-27-39)38-25-30-52-46(31-38)47-33-50-54(34-53(47)59-52)60-55(57-50)37-14-4-3-5-15-37/h3-34H,1-2H3. The second-order valence-corrected chi connectivity index (χ2v) is 16.3. The number of rotatable bonds is 6. The van der Waals surface area contributed by atoms with Crippen LogP contribution in [0.25, 0.3) is 88.6 Å². The van der Waals surface area contributed by atoms with Gasteiger partial charge in [-0.15, -0.1) is 0 Å². The number of anilines is 3. The number of hydrogen-bond donors (Lipinski definition) is 0. The Balaban J connectivity index is 0.980. The molecule has 284 valence electrons. The van der Waals surface area contributed by atoms with Crippen LogP contribution in [-0.4, -0.2) is 4.98 Å². The van der Waals surface area contributed by atoms with Gasteiger partial charge in [-0.3, -0.25) is 0 Å². The SMILES string of the molecule is CC1(C)c2ccccc2-c2ccc(N(c3ccc(-c4ccc5oc6cc7oc(-c8ccccc8)nc7cc6c5c4)cc3)c3ccccc3-c3cccc4ccccc34)cc21. The zero-order valence-electron chi connectivity index (χ0n) is 33.2. The summed E-state index contributed by atoms with van der Waals surface area (Å²) in [4.78, 5) is 7.27. The van der Waals surface area contributed by atoms with Gasteiger partial charge in [-0.25, -0.2) is 4.98 Å². The maximum absolute atomic E-state index is 6.36. The molecule has 0 atom stereocenters. The third kappa shape index (κ3) is 5.34. The summed E-state index contributed by atoms with van der Waals surface area (Å²) in [5.41, 5.74) is 17.2. The number of hydrogen-bond acceptors (Lipinski definition) is 4. The lowest BCUT2D eigenvalue weighted by Crippen LogP contribution is -2.16. The number of nitrogens with zero attached hydrogens (tertiary/aromatic N) is 2. The Morgan fingerprint density at radius 1 is 0.417 bits per heavy atom. The van der Waals surface area contributed by atoms with E-state index in [2.05, 4.69) is 176 Å². The van der Waals surface area contributed by atoms with Crippen molar-refractivity contribution in [3.63, 3.8) is 0 Å². The number of furan rings is 1. The van der Waals surface area contributed by atoms with Gasteiger partial charge >= 0.3 is 0 Å². The molecular weight excluding hydrogens is 733 g/mol. The van der Waals surface area contributed by atoms with Crippen molar-refractivity contribution in [2.45, 2.75) is 19.3 Å². The smallest absolute Gasteiger partial charge is 0.227 e. The van der Waals surface area contributed by atoms with E-state index < -0.39 is 0 Å². The number of aromatic nitrogens is 1. The van der Waals surface area contributed by atoms with E-state index in [0.29, 0.717) is 11.5 Å². The van der Waals surface area contributed by atoms with Crippen LogP contribution in [0.1, 0.15) is 25.0 Å². The molecule has 0 spiro atoms. The minimum Gasteiger partial charge on any atom is -0.456 e. The van der Waals surface area contributed by atoms with Gasteiger partial charge in [0.1, 0.15) is 16.7 Å². The molecule has 11 aromatic rings. The summed E-state index contributed by atoms with van der Waals surface area (Å²) in [5.74, 6) is 0.603. The van der Waals surface area contributed by atoms with Crippen molar-refractivity contribution in [1.29, 1.82) is 0 Å². The van der Waals surface area contributed by atoms with E-state index in [-0.39, 0.29) is 5.41 Å². The molecule has 0 amide bonds. The van der Waals surface area contributed by atoms with E-state index in [1.165, 1.54) is 44.2 Å². The molecule has 9 aromatic carbocycles. The first-order chi connectivity index (χ1) is 29.5. The van der Waals surface area contributed by atoms with E-state index >= 15 is 0 Å². The summed E-state index contributed by atoms with van der Waals surface area (Å²) in [6, 6.07) is 69.4. The summed E-state index contributed by atoms with van der Waals surface area (Å²) < 4.78 is 12.5. The fourth-order valence-corrected chi connectivity index (χ4v) is 9.50. The minimum atomic E-state index is -0.133. The first-order valence-electron chi connectivity index (χ1n) is 20.5. The lowest BCUT2D eigenvalue weighted by atomic mass is 9.82. The van der Waals surface area contributed by atoms with Crippen LogP contribution >= 0.6 is 0 Å². The van der Waals surface area contributed by atoms with Crippen LogP contribution in [0.15, 0.2) is 203 Å². The minimum absolute atomic E-state index is 0.133. The predicted molar refractivity (Wildman–Crippen MR) is 247 cm³/mol. The lowest BCUT2D eigenvalue weighted by molar-refractivity contribution is 0.617. The van der Waals surface area contributed by atoms with Crippen LogP contribution < -0.4 is 4.90 Å². The molecule has 1 aliphatic carbocycles. The first-order valence-corrected chi connectivity index (χ1v) is 20.5.